The lowest BCUT2D eigenvalue weighted by atomic mass is 10.2. The fourth-order valence-electron chi connectivity index (χ4n) is 1.12. The van der Waals surface area contributed by atoms with Crippen LogP contribution in [-0.2, 0) is 0 Å². The quantitative estimate of drug-likeness (QED) is 0.345. The molecule has 1 aromatic rings. The lowest BCUT2D eigenvalue weighted by Crippen LogP contribution is -2.03. The van der Waals surface area contributed by atoms with E-state index < -0.39 is 10.4 Å². The van der Waals surface area contributed by atoms with Gasteiger partial charge in [0.15, 0.2) is 11.5 Å². The van der Waals surface area contributed by atoms with Crippen LogP contribution in [0.5, 0.6) is 11.5 Å². The molecular weight excluding hydrogens is 222 g/mol. The Morgan fingerprint density at radius 3 is 2.40 bits per heavy atom. The first-order chi connectivity index (χ1) is 7.10. The zero-order valence-corrected chi connectivity index (χ0v) is 9.02. The summed E-state index contributed by atoms with van der Waals surface area (Å²) in [6, 6.07) is 4.59. The van der Waals surface area contributed by atoms with Gasteiger partial charge in [0.1, 0.15) is 0 Å². The molecule has 0 bridgehead atoms. The van der Waals surface area contributed by atoms with Gasteiger partial charge < -0.3 is 9.47 Å². The second-order valence-corrected chi connectivity index (χ2v) is 3.15. The maximum atomic E-state index is 10.5. The Morgan fingerprint density at radius 2 is 1.93 bits per heavy atom. The molecule has 1 rings (SSSR count). The smallest absolute Gasteiger partial charge is 0.311 e. The van der Waals surface area contributed by atoms with Crippen LogP contribution in [0.15, 0.2) is 18.2 Å². The number of ether oxygens (including phenoxy) is 2. The molecule has 1 aromatic carbocycles. The fourth-order valence-corrected chi connectivity index (χ4v) is 1.26. The van der Waals surface area contributed by atoms with Crippen LogP contribution in [0, 0.1) is 10.1 Å². The van der Waals surface area contributed by atoms with Gasteiger partial charge >= 0.3 is 5.50 Å². The summed E-state index contributed by atoms with van der Waals surface area (Å²) in [5.41, 5.74) is -0.913. The second-order valence-electron chi connectivity index (χ2n) is 2.74. The highest BCUT2D eigenvalue weighted by Gasteiger charge is 2.20. The minimum absolute atomic E-state index is 0.360. The average Bonchev–Trinajstić information content (AvgIpc) is 2.26. The Labute approximate surface area is 91.7 Å². The van der Waals surface area contributed by atoms with Crippen molar-refractivity contribution in [2.75, 3.05) is 14.2 Å². The molecule has 0 aliphatic carbocycles. The van der Waals surface area contributed by atoms with Gasteiger partial charge in [0, 0.05) is 10.5 Å². The molecule has 82 valence electrons. The summed E-state index contributed by atoms with van der Waals surface area (Å²) in [6.45, 7) is 0. The number of methoxy groups -OCH3 is 2. The topological polar surface area (TPSA) is 61.6 Å². The van der Waals surface area contributed by atoms with Gasteiger partial charge in [-0.1, -0.05) is 0 Å². The monoisotopic (exact) mass is 231 g/mol. The first-order valence-electron chi connectivity index (χ1n) is 4.09. The van der Waals surface area contributed by atoms with Crippen LogP contribution in [0.1, 0.15) is 11.1 Å². The number of nitrogens with zero attached hydrogens (tertiary/aromatic N) is 1. The molecule has 0 heterocycles. The zero-order valence-electron chi connectivity index (χ0n) is 8.27. The van der Waals surface area contributed by atoms with E-state index in [1.165, 1.54) is 26.4 Å². The Kier molecular flexibility index (Phi) is 3.74. The maximum Gasteiger partial charge on any atom is 0.311 e. The van der Waals surface area contributed by atoms with Gasteiger partial charge in [0.25, 0.3) is 0 Å². The Bertz CT molecular complexity index is 369. The van der Waals surface area contributed by atoms with Crippen molar-refractivity contribution in [2.24, 2.45) is 0 Å². The third-order valence-corrected chi connectivity index (χ3v) is 2.28. The van der Waals surface area contributed by atoms with E-state index in [0.717, 1.165) is 0 Å². The predicted molar refractivity (Wildman–Crippen MR) is 55.1 cm³/mol. The third kappa shape index (κ3) is 2.50. The Hall–Kier alpha value is -1.49. The van der Waals surface area contributed by atoms with Gasteiger partial charge in [-0.2, -0.15) is 0 Å². The van der Waals surface area contributed by atoms with Crippen LogP contribution in [0.25, 0.3) is 0 Å². The van der Waals surface area contributed by atoms with Gasteiger partial charge in [-0.3, -0.25) is 10.1 Å². The summed E-state index contributed by atoms with van der Waals surface area (Å²) in [6.07, 6.45) is 0. The number of nitro groups is 1. The summed E-state index contributed by atoms with van der Waals surface area (Å²) in [7, 11) is 2.94. The van der Waals surface area contributed by atoms with E-state index in [0.29, 0.717) is 17.1 Å². The molecule has 0 N–H and O–H groups in total. The van der Waals surface area contributed by atoms with E-state index in [-0.39, 0.29) is 0 Å². The van der Waals surface area contributed by atoms with Crippen LogP contribution in [0.3, 0.4) is 0 Å². The van der Waals surface area contributed by atoms with E-state index in [1.807, 2.05) is 0 Å². The molecule has 1 unspecified atom stereocenters. The number of benzene rings is 1. The zero-order chi connectivity index (χ0) is 11.4. The van der Waals surface area contributed by atoms with E-state index in [2.05, 4.69) is 0 Å². The van der Waals surface area contributed by atoms with Crippen molar-refractivity contribution in [2.45, 2.75) is 5.50 Å². The van der Waals surface area contributed by atoms with Crippen LogP contribution >= 0.6 is 11.6 Å². The lowest BCUT2D eigenvalue weighted by Gasteiger charge is -2.09. The average molecular weight is 232 g/mol. The molecule has 0 fully saturated rings. The number of rotatable bonds is 4. The van der Waals surface area contributed by atoms with E-state index >= 15 is 0 Å². The second kappa shape index (κ2) is 4.84. The summed E-state index contributed by atoms with van der Waals surface area (Å²) in [5, 5.41) is 10.5. The highest BCUT2D eigenvalue weighted by atomic mass is 35.5. The van der Waals surface area contributed by atoms with Gasteiger partial charge in [0.2, 0.25) is 0 Å². The molecule has 0 saturated carbocycles. The van der Waals surface area contributed by atoms with Crippen LogP contribution in [0.2, 0.25) is 0 Å². The number of hydrogen-bond donors (Lipinski definition) is 0. The number of alkyl halides is 1. The molecule has 0 radical (unpaired) electrons. The largest absolute Gasteiger partial charge is 0.493 e. The molecule has 1 atom stereocenters. The molecule has 6 heteroatoms. The molecule has 0 aromatic heterocycles. The molecule has 0 saturated heterocycles. The predicted octanol–water partition coefficient (Wildman–Crippen LogP) is 2.22. The van der Waals surface area contributed by atoms with E-state index in [1.54, 1.807) is 6.07 Å². The van der Waals surface area contributed by atoms with Crippen molar-refractivity contribution >= 4 is 11.6 Å². The standard InChI is InChI=1S/C9H10ClNO4/c1-14-7-4-3-6(5-8(7)15-2)9(10)11(12)13/h3-5,9H,1-2H3. The highest BCUT2D eigenvalue weighted by molar-refractivity contribution is 6.19. The summed E-state index contributed by atoms with van der Waals surface area (Å²) in [5.74, 6) is 0.927. The molecule has 0 aliphatic heterocycles. The van der Waals surface area contributed by atoms with Crippen molar-refractivity contribution in [3.8, 4) is 11.5 Å². The van der Waals surface area contributed by atoms with Crippen molar-refractivity contribution < 1.29 is 14.4 Å². The SMILES string of the molecule is COc1ccc(C(Cl)[N+](=O)[O-])cc1OC. The van der Waals surface area contributed by atoms with Crippen molar-refractivity contribution in [1.82, 2.24) is 0 Å². The lowest BCUT2D eigenvalue weighted by molar-refractivity contribution is -0.503. The van der Waals surface area contributed by atoms with Crippen molar-refractivity contribution in [1.29, 1.82) is 0 Å². The van der Waals surface area contributed by atoms with Crippen LogP contribution in [0.4, 0.5) is 0 Å². The van der Waals surface area contributed by atoms with Crippen LogP contribution < -0.4 is 9.47 Å². The van der Waals surface area contributed by atoms with Crippen LogP contribution in [-0.4, -0.2) is 19.1 Å². The van der Waals surface area contributed by atoms with Crippen molar-refractivity contribution in [3.05, 3.63) is 33.9 Å². The number of hydrogen-bond acceptors (Lipinski definition) is 4. The van der Waals surface area contributed by atoms with Gasteiger partial charge in [-0.15, -0.1) is 0 Å². The minimum Gasteiger partial charge on any atom is -0.493 e. The summed E-state index contributed by atoms with van der Waals surface area (Å²) < 4.78 is 9.99. The maximum absolute atomic E-state index is 10.5. The first kappa shape index (κ1) is 11.6. The molecule has 5 nitrogen and oxygen atoms in total. The third-order valence-electron chi connectivity index (χ3n) is 1.87. The normalized spacial score (nSPS) is 11.9. The molecule has 0 spiro atoms. The van der Waals surface area contributed by atoms with Gasteiger partial charge in [0.05, 0.1) is 14.2 Å². The van der Waals surface area contributed by atoms with Gasteiger partial charge in [-0.25, -0.2) is 0 Å². The van der Waals surface area contributed by atoms with Crippen molar-refractivity contribution in [3.63, 3.8) is 0 Å². The van der Waals surface area contributed by atoms with Gasteiger partial charge in [-0.05, 0) is 29.8 Å². The Balaban J connectivity index is 3.07. The summed E-state index contributed by atoms with van der Waals surface area (Å²) in [4.78, 5) is 9.87. The van der Waals surface area contributed by atoms with E-state index in [9.17, 15) is 10.1 Å². The molecule has 0 amide bonds. The Morgan fingerprint density at radius 1 is 1.33 bits per heavy atom. The summed E-state index contributed by atoms with van der Waals surface area (Å²) >= 11 is 5.57. The number of halogens is 1. The molecule has 15 heavy (non-hydrogen) atoms. The minimum atomic E-state index is -1.27. The molecular formula is C9H10ClNO4. The fraction of sp³-hybridized carbons (Fsp3) is 0.333. The first-order valence-corrected chi connectivity index (χ1v) is 4.53. The highest BCUT2D eigenvalue weighted by Crippen LogP contribution is 2.31. The molecule has 0 aliphatic rings. The van der Waals surface area contributed by atoms with E-state index in [4.69, 9.17) is 21.1 Å².